The van der Waals surface area contributed by atoms with Crippen LogP contribution in [0.3, 0.4) is 0 Å². The molecular weight excluding hydrogens is 389 g/mol. The van der Waals surface area contributed by atoms with E-state index in [0.29, 0.717) is 15.1 Å². The number of aryl methyl sites for hydroxylation is 1. The molecule has 0 fully saturated rings. The van der Waals surface area contributed by atoms with Crippen LogP contribution in [0.15, 0.2) is 36.4 Å². The van der Waals surface area contributed by atoms with Crippen molar-refractivity contribution in [3.8, 4) is 16.9 Å². The van der Waals surface area contributed by atoms with E-state index in [1.54, 1.807) is 6.07 Å². The van der Waals surface area contributed by atoms with Crippen LogP contribution in [0.25, 0.3) is 16.9 Å². The van der Waals surface area contributed by atoms with Crippen LogP contribution >= 0.6 is 34.8 Å². The van der Waals surface area contributed by atoms with Gasteiger partial charge in [-0.25, -0.2) is 4.68 Å². The molecule has 1 N–H and O–H groups in total. The maximum Gasteiger partial charge on any atom is 0.133 e. The Morgan fingerprint density at radius 2 is 1.77 bits per heavy atom. The Morgan fingerprint density at radius 3 is 2.58 bits per heavy atom. The Hall–Kier alpha value is -1.68. The molecule has 4 rings (SSSR count). The van der Waals surface area contributed by atoms with Gasteiger partial charge in [0.2, 0.25) is 0 Å². The molecule has 0 aliphatic carbocycles. The van der Waals surface area contributed by atoms with Gasteiger partial charge in [0.1, 0.15) is 5.82 Å². The van der Waals surface area contributed by atoms with E-state index in [0.717, 1.165) is 54.1 Å². The summed E-state index contributed by atoms with van der Waals surface area (Å²) in [5.74, 6) is 1.02. The average molecular weight is 407 g/mol. The number of fused-ring (bicyclic) bond motifs is 1. The maximum atomic E-state index is 6.48. The molecule has 3 nitrogen and oxygen atoms in total. The minimum atomic E-state index is 0.608. The lowest BCUT2D eigenvalue weighted by molar-refractivity contribution is 0.779. The number of nitrogens with one attached hydrogen (secondary N) is 1. The molecule has 26 heavy (non-hydrogen) atoms. The molecule has 0 atom stereocenters. The van der Waals surface area contributed by atoms with Gasteiger partial charge in [-0.15, -0.1) is 0 Å². The second kappa shape index (κ2) is 7.15. The van der Waals surface area contributed by atoms with E-state index >= 15 is 0 Å². The number of hydrogen-bond donors (Lipinski definition) is 1. The van der Waals surface area contributed by atoms with E-state index in [-0.39, 0.29) is 0 Å². The molecular formula is C20H18Cl3N3. The molecule has 0 unspecified atom stereocenters. The topological polar surface area (TPSA) is 29.9 Å². The van der Waals surface area contributed by atoms with Crippen molar-refractivity contribution < 1.29 is 0 Å². The Labute approximate surface area is 167 Å². The van der Waals surface area contributed by atoms with Gasteiger partial charge in [-0.2, -0.15) is 5.10 Å². The molecule has 6 heteroatoms. The lowest BCUT2D eigenvalue weighted by Gasteiger charge is -2.12. The Balaban J connectivity index is 1.96. The molecule has 2 heterocycles. The van der Waals surface area contributed by atoms with E-state index in [1.165, 1.54) is 5.56 Å². The summed E-state index contributed by atoms with van der Waals surface area (Å²) in [5.41, 5.74) is 5.06. The van der Waals surface area contributed by atoms with E-state index in [9.17, 15) is 0 Å². The first kappa shape index (κ1) is 17.7. The largest absolute Gasteiger partial charge is 0.370 e. The van der Waals surface area contributed by atoms with E-state index in [2.05, 4.69) is 12.2 Å². The highest BCUT2D eigenvalue weighted by Gasteiger charge is 2.23. The normalized spacial score (nSPS) is 13.8. The van der Waals surface area contributed by atoms with Gasteiger partial charge >= 0.3 is 0 Å². The van der Waals surface area contributed by atoms with Crippen molar-refractivity contribution in [1.82, 2.24) is 9.78 Å². The van der Waals surface area contributed by atoms with Crippen LogP contribution in [0.5, 0.6) is 0 Å². The van der Waals surface area contributed by atoms with Crippen molar-refractivity contribution in [3.05, 3.63) is 62.6 Å². The van der Waals surface area contributed by atoms with E-state index in [1.807, 2.05) is 35.0 Å². The molecule has 0 saturated carbocycles. The minimum absolute atomic E-state index is 0.608. The van der Waals surface area contributed by atoms with Gasteiger partial charge in [0.05, 0.1) is 16.4 Å². The van der Waals surface area contributed by atoms with Gasteiger partial charge in [-0.05, 0) is 62.1 Å². The minimum Gasteiger partial charge on any atom is -0.370 e. The van der Waals surface area contributed by atoms with Crippen molar-refractivity contribution >= 4 is 40.6 Å². The highest BCUT2D eigenvalue weighted by Crippen LogP contribution is 2.38. The summed E-state index contributed by atoms with van der Waals surface area (Å²) in [6.45, 7) is 2.98. The Bertz CT molecular complexity index is 979. The summed E-state index contributed by atoms with van der Waals surface area (Å²) in [6.07, 6.45) is 3.19. The van der Waals surface area contributed by atoms with Gasteiger partial charge in [0, 0.05) is 27.7 Å². The fraction of sp³-hybridized carbons (Fsp3) is 0.250. The lowest BCUT2D eigenvalue weighted by Crippen LogP contribution is -2.08. The SMILES string of the molecule is Cc1ccc(Cl)cc1-n1nc(-c2ccc(Cl)cc2Cl)c2c1NCCCC2. The lowest BCUT2D eigenvalue weighted by atomic mass is 10.0. The van der Waals surface area contributed by atoms with Crippen LogP contribution in [0.1, 0.15) is 24.0 Å². The quantitative estimate of drug-likeness (QED) is 0.522. The fourth-order valence-electron chi connectivity index (χ4n) is 3.39. The maximum absolute atomic E-state index is 6.48. The Morgan fingerprint density at radius 1 is 1.00 bits per heavy atom. The summed E-state index contributed by atoms with van der Waals surface area (Å²) in [6, 6.07) is 11.4. The van der Waals surface area contributed by atoms with Gasteiger partial charge < -0.3 is 5.32 Å². The van der Waals surface area contributed by atoms with Crippen molar-refractivity contribution in [2.45, 2.75) is 26.2 Å². The highest BCUT2D eigenvalue weighted by atomic mass is 35.5. The number of anilines is 1. The first-order chi connectivity index (χ1) is 12.5. The molecule has 0 amide bonds. The van der Waals surface area contributed by atoms with Crippen molar-refractivity contribution in [2.75, 3.05) is 11.9 Å². The second-order valence-electron chi connectivity index (χ2n) is 6.53. The zero-order chi connectivity index (χ0) is 18.3. The second-order valence-corrected chi connectivity index (χ2v) is 7.81. The van der Waals surface area contributed by atoms with Crippen LogP contribution in [-0.2, 0) is 6.42 Å². The smallest absolute Gasteiger partial charge is 0.133 e. The zero-order valence-corrected chi connectivity index (χ0v) is 16.6. The number of rotatable bonds is 2. The molecule has 0 saturated heterocycles. The van der Waals surface area contributed by atoms with E-state index < -0.39 is 0 Å². The van der Waals surface area contributed by atoms with Gasteiger partial charge in [-0.3, -0.25) is 0 Å². The number of halogens is 3. The third kappa shape index (κ3) is 3.20. The highest BCUT2D eigenvalue weighted by molar-refractivity contribution is 6.36. The molecule has 1 aliphatic heterocycles. The molecule has 1 aromatic heterocycles. The van der Waals surface area contributed by atoms with Crippen LogP contribution in [-0.4, -0.2) is 16.3 Å². The monoisotopic (exact) mass is 405 g/mol. The summed E-state index contributed by atoms with van der Waals surface area (Å²) in [5, 5.41) is 10.4. The van der Waals surface area contributed by atoms with Crippen LogP contribution in [0.4, 0.5) is 5.82 Å². The first-order valence-electron chi connectivity index (χ1n) is 8.62. The predicted octanol–water partition coefficient (Wildman–Crippen LogP) is 6.56. The van der Waals surface area contributed by atoms with Crippen LogP contribution in [0.2, 0.25) is 15.1 Å². The number of aromatic nitrogens is 2. The number of hydrogen-bond acceptors (Lipinski definition) is 2. The fourth-order valence-corrected chi connectivity index (χ4v) is 4.05. The number of benzene rings is 2. The summed E-state index contributed by atoms with van der Waals surface area (Å²) in [4.78, 5) is 0. The van der Waals surface area contributed by atoms with Crippen LogP contribution < -0.4 is 5.32 Å². The summed E-state index contributed by atoms with van der Waals surface area (Å²) >= 11 is 18.8. The molecule has 2 aromatic carbocycles. The van der Waals surface area contributed by atoms with Gasteiger partial charge in [-0.1, -0.05) is 40.9 Å². The molecule has 0 radical (unpaired) electrons. The van der Waals surface area contributed by atoms with Gasteiger partial charge in [0.25, 0.3) is 0 Å². The summed E-state index contributed by atoms with van der Waals surface area (Å²) < 4.78 is 1.96. The van der Waals surface area contributed by atoms with Crippen LogP contribution in [0, 0.1) is 6.92 Å². The van der Waals surface area contributed by atoms with Gasteiger partial charge in [0.15, 0.2) is 0 Å². The standard InChI is InChI=1S/C20H18Cl3N3/c1-12-5-6-14(22)11-18(12)26-20-16(4-2-3-9-24-20)19(25-26)15-8-7-13(21)10-17(15)23/h5-8,10-11,24H,2-4,9H2,1H3. The van der Waals surface area contributed by atoms with Crippen molar-refractivity contribution in [3.63, 3.8) is 0 Å². The molecule has 3 aromatic rings. The predicted molar refractivity (Wildman–Crippen MR) is 110 cm³/mol. The van der Waals surface area contributed by atoms with Crippen molar-refractivity contribution in [2.24, 2.45) is 0 Å². The Kier molecular flexibility index (Phi) is 4.87. The summed E-state index contributed by atoms with van der Waals surface area (Å²) in [7, 11) is 0. The van der Waals surface area contributed by atoms with E-state index in [4.69, 9.17) is 39.9 Å². The first-order valence-corrected chi connectivity index (χ1v) is 9.75. The molecule has 0 spiro atoms. The molecule has 134 valence electrons. The molecule has 1 aliphatic rings. The molecule has 0 bridgehead atoms. The third-order valence-electron chi connectivity index (χ3n) is 4.72. The number of nitrogens with zero attached hydrogens (tertiary/aromatic N) is 2. The third-order valence-corrected chi connectivity index (χ3v) is 5.50. The average Bonchev–Trinajstić information content (AvgIpc) is 2.78. The zero-order valence-electron chi connectivity index (χ0n) is 14.3. The van der Waals surface area contributed by atoms with Crippen molar-refractivity contribution in [1.29, 1.82) is 0 Å².